The minimum absolute atomic E-state index is 0.247. The Hall–Kier alpha value is -2.43. The summed E-state index contributed by atoms with van der Waals surface area (Å²) >= 11 is 0. The molecule has 3 amide bonds. The van der Waals surface area contributed by atoms with Gasteiger partial charge < -0.3 is 5.32 Å². The van der Waals surface area contributed by atoms with Crippen LogP contribution >= 0.6 is 0 Å². The fourth-order valence-corrected chi connectivity index (χ4v) is 3.14. The summed E-state index contributed by atoms with van der Waals surface area (Å²) in [4.78, 5) is 38.3. The van der Waals surface area contributed by atoms with Gasteiger partial charge in [-0.2, -0.15) is 0 Å². The number of carbonyl (C=O) groups is 3. The van der Waals surface area contributed by atoms with Gasteiger partial charge in [0, 0.05) is 18.3 Å². The van der Waals surface area contributed by atoms with Crippen LogP contribution in [0.15, 0.2) is 41.5 Å². The van der Waals surface area contributed by atoms with Gasteiger partial charge in [-0.25, -0.2) is 0 Å². The van der Waals surface area contributed by atoms with Crippen molar-refractivity contribution in [3.05, 3.63) is 41.5 Å². The van der Waals surface area contributed by atoms with Gasteiger partial charge in [-0.15, -0.1) is 0 Å². The molecule has 0 aromatic heterocycles. The maximum Gasteiger partial charge on any atom is 0.256 e. The lowest BCUT2D eigenvalue weighted by atomic mass is 9.79. The highest BCUT2D eigenvalue weighted by molar-refractivity contribution is 6.18. The van der Waals surface area contributed by atoms with E-state index >= 15 is 0 Å². The maximum atomic E-state index is 12.6. The zero-order valence-electron chi connectivity index (χ0n) is 12.5. The average Bonchev–Trinajstić information content (AvgIpc) is 2.54. The number of anilines is 1. The molecule has 0 bridgehead atoms. The highest BCUT2D eigenvalue weighted by atomic mass is 16.2. The molecule has 2 aliphatic rings. The van der Waals surface area contributed by atoms with Crippen LogP contribution in [0.4, 0.5) is 5.69 Å². The van der Waals surface area contributed by atoms with E-state index in [-0.39, 0.29) is 11.8 Å². The van der Waals surface area contributed by atoms with Crippen molar-refractivity contribution in [2.45, 2.75) is 25.7 Å². The van der Waals surface area contributed by atoms with Gasteiger partial charge in [-0.05, 0) is 43.4 Å². The first-order chi connectivity index (χ1) is 10.6. The van der Waals surface area contributed by atoms with E-state index in [2.05, 4.69) is 5.32 Å². The number of carbonyl (C=O) groups excluding carboxylic acids is 3. The number of para-hydroxylation sites is 1. The molecule has 1 N–H and O–H groups in total. The van der Waals surface area contributed by atoms with E-state index in [0.717, 1.165) is 17.7 Å². The maximum absolute atomic E-state index is 12.6. The van der Waals surface area contributed by atoms with Gasteiger partial charge in [0.25, 0.3) is 5.91 Å². The number of hydrogen-bond acceptors (Lipinski definition) is 3. The van der Waals surface area contributed by atoms with E-state index in [4.69, 9.17) is 0 Å². The van der Waals surface area contributed by atoms with E-state index < -0.39 is 11.8 Å². The number of nitrogens with one attached hydrogen (secondary N) is 1. The lowest BCUT2D eigenvalue weighted by molar-refractivity contribution is -0.146. The van der Waals surface area contributed by atoms with Crippen LogP contribution in [-0.4, -0.2) is 29.7 Å². The van der Waals surface area contributed by atoms with Crippen LogP contribution in [0.5, 0.6) is 0 Å². The number of benzene rings is 1. The molecule has 1 heterocycles. The number of likely N-dealkylation sites (N-methyl/N-ethyl adjacent to an activating group) is 1. The SMILES string of the molecule is CN1C(=O)C2=C(CCCC2)C(C(=O)Nc2ccccc2)C1=O. The average molecular weight is 298 g/mol. The molecule has 3 rings (SSSR count). The third-order valence-corrected chi connectivity index (χ3v) is 4.30. The molecule has 1 aliphatic heterocycles. The molecule has 5 heteroatoms. The van der Waals surface area contributed by atoms with Crippen molar-refractivity contribution in [1.29, 1.82) is 0 Å². The van der Waals surface area contributed by atoms with Crippen LogP contribution in [0.25, 0.3) is 0 Å². The summed E-state index contributed by atoms with van der Waals surface area (Å²) in [5.74, 6) is -1.91. The van der Waals surface area contributed by atoms with Crippen molar-refractivity contribution in [2.24, 2.45) is 5.92 Å². The quantitative estimate of drug-likeness (QED) is 0.671. The first-order valence-electron chi connectivity index (χ1n) is 7.49. The topological polar surface area (TPSA) is 66.5 Å². The van der Waals surface area contributed by atoms with Gasteiger partial charge in [0.05, 0.1) is 0 Å². The molecule has 1 unspecified atom stereocenters. The fourth-order valence-electron chi connectivity index (χ4n) is 3.14. The summed E-state index contributed by atoms with van der Waals surface area (Å²) in [7, 11) is 1.45. The predicted octanol–water partition coefficient (Wildman–Crippen LogP) is 2.11. The lowest BCUT2D eigenvalue weighted by Crippen LogP contribution is -2.48. The number of imide groups is 1. The smallest absolute Gasteiger partial charge is 0.256 e. The van der Waals surface area contributed by atoms with Crippen molar-refractivity contribution < 1.29 is 14.4 Å². The lowest BCUT2D eigenvalue weighted by Gasteiger charge is -2.34. The summed E-state index contributed by atoms with van der Waals surface area (Å²) < 4.78 is 0. The fraction of sp³-hybridized carbons (Fsp3) is 0.353. The molecule has 114 valence electrons. The Morgan fingerprint density at radius 1 is 1.14 bits per heavy atom. The normalized spacial score (nSPS) is 21.7. The number of rotatable bonds is 2. The Balaban J connectivity index is 1.93. The molecule has 1 atom stereocenters. The molecular weight excluding hydrogens is 280 g/mol. The Morgan fingerprint density at radius 2 is 1.82 bits per heavy atom. The van der Waals surface area contributed by atoms with E-state index in [9.17, 15) is 14.4 Å². The highest BCUT2D eigenvalue weighted by Crippen LogP contribution is 2.36. The van der Waals surface area contributed by atoms with Crippen molar-refractivity contribution in [2.75, 3.05) is 12.4 Å². The predicted molar refractivity (Wildman–Crippen MR) is 81.8 cm³/mol. The van der Waals surface area contributed by atoms with Gasteiger partial charge in [0.1, 0.15) is 5.92 Å². The van der Waals surface area contributed by atoms with Crippen LogP contribution < -0.4 is 5.32 Å². The molecule has 22 heavy (non-hydrogen) atoms. The van der Waals surface area contributed by atoms with Crippen LogP contribution in [0.3, 0.4) is 0 Å². The van der Waals surface area contributed by atoms with Gasteiger partial charge in [-0.3, -0.25) is 19.3 Å². The Morgan fingerprint density at radius 3 is 2.55 bits per heavy atom. The molecule has 5 nitrogen and oxygen atoms in total. The number of amides is 3. The first kappa shape index (κ1) is 14.5. The van der Waals surface area contributed by atoms with Crippen LogP contribution in [-0.2, 0) is 14.4 Å². The van der Waals surface area contributed by atoms with Crippen molar-refractivity contribution >= 4 is 23.4 Å². The third-order valence-electron chi connectivity index (χ3n) is 4.30. The minimum Gasteiger partial charge on any atom is -0.325 e. The van der Waals surface area contributed by atoms with Crippen molar-refractivity contribution in [1.82, 2.24) is 4.90 Å². The van der Waals surface area contributed by atoms with Crippen LogP contribution in [0.2, 0.25) is 0 Å². The molecule has 0 saturated heterocycles. The highest BCUT2D eigenvalue weighted by Gasteiger charge is 2.43. The zero-order chi connectivity index (χ0) is 15.7. The Kier molecular flexibility index (Phi) is 3.79. The van der Waals surface area contributed by atoms with Crippen LogP contribution in [0, 0.1) is 5.92 Å². The minimum atomic E-state index is -0.877. The molecule has 1 aliphatic carbocycles. The second kappa shape index (κ2) is 5.75. The molecule has 0 radical (unpaired) electrons. The molecule has 1 aromatic carbocycles. The van der Waals surface area contributed by atoms with Crippen molar-refractivity contribution in [3.63, 3.8) is 0 Å². The van der Waals surface area contributed by atoms with Gasteiger partial charge >= 0.3 is 0 Å². The van der Waals surface area contributed by atoms with Gasteiger partial charge in [0.15, 0.2) is 0 Å². The summed E-state index contributed by atoms with van der Waals surface area (Å²) in [6, 6.07) is 9.04. The molecule has 0 spiro atoms. The van der Waals surface area contributed by atoms with Crippen molar-refractivity contribution in [3.8, 4) is 0 Å². The summed E-state index contributed by atoms with van der Waals surface area (Å²) in [5.41, 5.74) is 2.02. The first-order valence-corrected chi connectivity index (χ1v) is 7.49. The second-order valence-electron chi connectivity index (χ2n) is 5.70. The number of hydrogen-bond donors (Lipinski definition) is 1. The van der Waals surface area contributed by atoms with E-state index in [1.54, 1.807) is 12.1 Å². The molecule has 0 fully saturated rings. The monoisotopic (exact) mass is 298 g/mol. The standard InChI is InChI=1S/C17H18N2O3/c1-19-16(21)13-10-6-5-9-12(13)14(17(19)22)15(20)18-11-7-3-2-4-8-11/h2-4,7-8,14H,5-6,9-10H2,1H3,(H,18,20). The molecular formula is C17H18N2O3. The van der Waals surface area contributed by atoms with E-state index in [0.29, 0.717) is 29.7 Å². The Labute approximate surface area is 129 Å². The summed E-state index contributed by atoms with van der Waals surface area (Å²) in [6.45, 7) is 0. The molecule has 0 saturated carbocycles. The number of nitrogens with zero attached hydrogens (tertiary/aromatic N) is 1. The molecule has 1 aromatic rings. The third kappa shape index (κ3) is 2.43. The second-order valence-corrected chi connectivity index (χ2v) is 5.70. The Bertz CT molecular complexity index is 664. The largest absolute Gasteiger partial charge is 0.325 e. The van der Waals surface area contributed by atoms with E-state index in [1.807, 2.05) is 18.2 Å². The van der Waals surface area contributed by atoms with E-state index in [1.165, 1.54) is 7.05 Å². The zero-order valence-corrected chi connectivity index (χ0v) is 12.5. The van der Waals surface area contributed by atoms with Crippen LogP contribution in [0.1, 0.15) is 25.7 Å². The van der Waals surface area contributed by atoms with Gasteiger partial charge in [0.2, 0.25) is 11.8 Å². The summed E-state index contributed by atoms with van der Waals surface area (Å²) in [6.07, 6.45) is 3.15. The summed E-state index contributed by atoms with van der Waals surface area (Å²) in [5, 5.41) is 2.78. The van der Waals surface area contributed by atoms with Gasteiger partial charge in [-0.1, -0.05) is 18.2 Å².